The molecule has 3 heterocycles. The van der Waals surface area contributed by atoms with Crippen LogP contribution in [-0.4, -0.2) is 29.5 Å². The number of hydrogen-bond donors (Lipinski definition) is 1. The fourth-order valence-corrected chi connectivity index (χ4v) is 3.14. The lowest BCUT2D eigenvalue weighted by molar-refractivity contribution is 0.0535. The summed E-state index contributed by atoms with van der Waals surface area (Å²) in [5.74, 6) is 0. The number of aromatic nitrogens is 2. The van der Waals surface area contributed by atoms with Crippen molar-refractivity contribution in [2.75, 3.05) is 19.8 Å². The number of halogens is 1. The van der Waals surface area contributed by atoms with Gasteiger partial charge in [-0.25, -0.2) is 0 Å². The first-order valence-corrected chi connectivity index (χ1v) is 6.70. The first-order valence-electron chi connectivity index (χ1n) is 5.90. The summed E-state index contributed by atoms with van der Waals surface area (Å²) in [4.78, 5) is 0. The highest BCUT2D eigenvalue weighted by atomic mass is 79.9. The van der Waals surface area contributed by atoms with Gasteiger partial charge in [-0.15, -0.1) is 0 Å². The Morgan fingerprint density at radius 1 is 1.50 bits per heavy atom. The molecule has 1 fully saturated rings. The summed E-state index contributed by atoms with van der Waals surface area (Å²) in [5, 5.41) is 8.04. The number of rotatable bonds is 1. The maximum absolute atomic E-state index is 5.54. The van der Waals surface area contributed by atoms with E-state index in [2.05, 4.69) is 31.0 Å². The second-order valence-electron chi connectivity index (χ2n) is 4.46. The predicted octanol–water partition coefficient (Wildman–Crippen LogP) is 1.64. The van der Waals surface area contributed by atoms with Crippen LogP contribution in [0, 0.1) is 0 Å². The molecule has 1 unspecified atom stereocenters. The molecule has 1 N–H and O–H groups in total. The summed E-state index contributed by atoms with van der Waals surface area (Å²) in [7, 11) is 0. The molecule has 2 aliphatic rings. The lowest BCUT2D eigenvalue weighted by Crippen LogP contribution is -2.29. The Kier molecular flexibility index (Phi) is 3.00. The van der Waals surface area contributed by atoms with E-state index in [9.17, 15) is 0 Å². The van der Waals surface area contributed by atoms with E-state index in [-0.39, 0.29) is 0 Å². The number of hydrogen-bond acceptors (Lipinski definition) is 3. The molecule has 0 amide bonds. The smallest absolute Gasteiger partial charge is 0.131 e. The molecule has 3 rings (SSSR count). The van der Waals surface area contributed by atoms with Gasteiger partial charge in [0.15, 0.2) is 0 Å². The molecule has 0 radical (unpaired) electrons. The summed E-state index contributed by atoms with van der Waals surface area (Å²) in [6, 6.07) is 0.425. The van der Waals surface area contributed by atoms with Gasteiger partial charge in [0.05, 0.1) is 18.3 Å². The van der Waals surface area contributed by atoms with Gasteiger partial charge in [-0.3, -0.25) is 4.68 Å². The maximum atomic E-state index is 5.54. The standard InChI is InChI=1S/C11H16BrN3O/c12-11-9-3-4-13-6-10(9)15(14-11)8-2-1-5-16-7-8/h8,13H,1-7H2. The molecule has 1 aromatic rings. The molecule has 0 spiro atoms. The fourth-order valence-electron chi connectivity index (χ4n) is 2.55. The first-order chi connectivity index (χ1) is 7.86. The molecule has 2 aliphatic heterocycles. The van der Waals surface area contributed by atoms with Crippen molar-refractivity contribution in [1.29, 1.82) is 0 Å². The van der Waals surface area contributed by atoms with Crippen LogP contribution in [0.1, 0.15) is 30.1 Å². The number of nitrogens with zero attached hydrogens (tertiary/aromatic N) is 2. The van der Waals surface area contributed by atoms with Gasteiger partial charge in [0.25, 0.3) is 0 Å². The van der Waals surface area contributed by atoms with Crippen molar-refractivity contribution in [3.05, 3.63) is 15.9 Å². The van der Waals surface area contributed by atoms with Crippen molar-refractivity contribution in [3.63, 3.8) is 0 Å². The Morgan fingerprint density at radius 2 is 2.44 bits per heavy atom. The first kappa shape index (κ1) is 10.7. The minimum absolute atomic E-state index is 0.425. The van der Waals surface area contributed by atoms with E-state index in [1.165, 1.54) is 17.7 Å². The van der Waals surface area contributed by atoms with Gasteiger partial charge in [-0.1, -0.05) is 0 Å². The molecule has 0 saturated carbocycles. The highest BCUT2D eigenvalue weighted by Crippen LogP contribution is 2.28. The minimum Gasteiger partial charge on any atom is -0.379 e. The molecule has 5 heteroatoms. The van der Waals surface area contributed by atoms with Crippen LogP contribution in [0.25, 0.3) is 0 Å². The second-order valence-corrected chi connectivity index (χ2v) is 5.21. The van der Waals surface area contributed by atoms with Gasteiger partial charge in [-0.2, -0.15) is 5.10 Å². The van der Waals surface area contributed by atoms with E-state index in [1.54, 1.807) is 0 Å². The van der Waals surface area contributed by atoms with Gasteiger partial charge in [-0.05, 0) is 41.7 Å². The van der Waals surface area contributed by atoms with E-state index >= 15 is 0 Å². The zero-order valence-electron chi connectivity index (χ0n) is 9.21. The van der Waals surface area contributed by atoms with Gasteiger partial charge in [0.1, 0.15) is 4.60 Å². The van der Waals surface area contributed by atoms with Crippen molar-refractivity contribution in [2.24, 2.45) is 0 Å². The SMILES string of the molecule is Brc1nn(C2CCCOC2)c2c1CCNC2. The normalized spacial score (nSPS) is 25.4. The van der Waals surface area contributed by atoms with Crippen LogP contribution in [-0.2, 0) is 17.7 Å². The van der Waals surface area contributed by atoms with Gasteiger partial charge in [0, 0.05) is 18.7 Å². The molecule has 1 saturated heterocycles. The highest BCUT2D eigenvalue weighted by molar-refractivity contribution is 9.10. The summed E-state index contributed by atoms with van der Waals surface area (Å²) in [6.45, 7) is 3.70. The molecule has 1 aromatic heterocycles. The van der Waals surface area contributed by atoms with Crippen molar-refractivity contribution in [2.45, 2.75) is 31.8 Å². The van der Waals surface area contributed by atoms with Crippen LogP contribution in [0.15, 0.2) is 4.60 Å². The minimum atomic E-state index is 0.425. The van der Waals surface area contributed by atoms with E-state index in [4.69, 9.17) is 4.74 Å². The van der Waals surface area contributed by atoms with Gasteiger partial charge < -0.3 is 10.1 Å². The lowest BCUT2D eigenvalue weighted by Gasteiger charge is -2.25. The topological polar surface area (TPSA) is 39.1 Å². The summed E-state index contributed by atoms with van der Waals surface area (Å²) in [5.41, 5.74) is 2.72. The van der Waals surface area contributed by atoms with Crippen LogP contribution in [0.2, 0.25) is 0 Å². The van der Waals surface area contributed by atoms with Gasteiger partial charge in [0.2, 0.25) is 0 Å². The molecule has 4 nitrogen and oxygen atoms in total. The summed E-state index contributed by atoms with van der Waals surface area (Å²) >= 11 is 3.57. The fraction of sp³-hybridized carbons (Fsp3) is 0.727. The van der Waals surface area contributed by atoms with Crippen LogP contribution in [0.5, 0.6) is 0 Å². The van der Waals surface area contributed by atoms with Crippen molar-refractivity contribution in [1.82, 2.24) is 15.1 Å². The number of ether oxygens (including phenoxy) is 1. The number of fused-ring (bicyclic) bond motifs is 1. The van der Waals surface area contributed by atoms with Gasteiger partial charge >= 0.3 is 0 Å². The Bertz CT molecular complexity index is 385. The third-order valence-electron chi connectivity index (χ3n) is 3.40. The zero-order valence-corrected chi connectivity index (χ0v) is 10.8. The average Bonchev–Trinajstić information content (AvgIpc) is 2.69. The molecular formula is C11H16BrN3O. The highest BCUT2D eigenvalue weighted by Gasteiger charge is 2.25. The molecule has 1 atom stereocenters. The Balaban J connectivity index is 1.93. The molecule has 0 aromatic carbocycles. The molecule has 88 valence electrons. The van der Waals surface area contributed by atoms with Crippen molar-refractivity contribution >= 4 is 15.9 Å². The van der Waals surface area contributed by atoms with Crippen molar-refractivity contribution < 1.29 is 4.74 Å². The lowest BCUT2D eigenvalue weighted by atomic mass is 10.1. The van der Waals surface area contributed by atoms with Crippen LogP contribution >= 0.6 is 15.9 Å². The van der Waals surface area contributed by atoms with Crippen molar-refractivity contribution in [3.8, 4) is 0 Å². The molecule has 0 aliphatic carbocycles. The Morgan fingerprint density at radius 3 is 3.25 bits per heavy atom. The van der Waals surface area contributed by atoms with Crippen LogP contribution in [0.3, 0.4) is 0 Å². The van der Waals surface area contributed by atoms with E-state index in [0.29, 0.717) is 6.04 Å². The summed E-state index contributed by atoms with van der Waals surface area (Å²) < 4.78 is 8.73. The number of nitrogens with one attached hydrogen (secondary N) is 1. The second kappa shape index (κ2) is 4.47. The predicted molar refractivity (Wildman–Crippen MR) is 64.4 cm³/mol. The van der Waals surface area contributed by atoms with E-state index in [0.717, 1.165) is 43.7 Å². The average molecular weight is 286 g/mol. The van der Waals surface area contributed by atoms with Crippen LogP contribution < -0.4 is 5.32 Å². The summed E-state index contributed by atoms with van der Waals surface area (Å²) in [6.07, 6.45) is 3.40. The third kappa shape index (κ3) is 1.81. The quantitative estimate of drug-likeness (QED) is 0.853. The van der Waals surface area contributed by atoms with Crippen LogP contribution in [0.4, 0.5) is 0 Å². The Labute approximate surface area is 103 Å². The molecular weight excluding hydrogens is 270 g/mol. The molecule has 16 heavy (non-hydrogen) atoms. The Hall–Kier alpha value is -0.390. The third-order valence-corrected chi connectivity index (χ3v) is 4.03. The zero-order chi connectivity index (χ0) is 11.0. The van der Waals surface area contributed by atoms with E-state index < -0.39 is 0 Å². The van der Waals surface area contributed by atoms with E-state index in [1.807, 2.05) is 0 Å². The molecule has 0 bridgehead atoms. The maximum Gasteiger partial charge on any atom is 0.131 e. The monoisotopic (exact) mass is 285 g/mol. The largest absolute Gasteiger partial charge is 0.379 e.